The van der Waals surface area contributed by atoms with Crippen molar-refractivity contribution in [3.8, 4) is 5.75 Å². The van der Waals surface area contributed by atoms with Crippen LogP contribution in [0.5, 0.6) is 5.75 Å². The van der Waals surface area contributed by atoms with Crippen LogP contribution >= 0.6 is 0 Å². The monoisotopic (exact) mass is 396 g/mol. The number of amides is 2. The highest BCUT2D eigenvalue weighted by Gasteiger charge is 2.33. The van der Waals surface area contributed by atoms with Crippen LogP contribution in [0.25, 0.3) is 0 Å². The molecule has 0 fully saturated rings. The fourth-order valence-electron chi connectivity index (χ4n) is 3.20. The van der Waals surface area contributed by atoms with Gasteiger partial charge in [-0.2, -0.15) is 0 Å². The van der Waals surface area contributed by atoms with Crippen LogP contribution in [0.4, 0.5) is 5.69 Å². The van der Waals surface area contributed by atoms with Crippen LogP contribution in [-0.4, -0.2) is 49.0 Å². The summed E-state index contributed by atoms with van der Waals surface area (Å²) in [5.74, 6) is -0.623. The maximum absolute atomic E-state index is 13.1. The fraction of sp³-hybridized carbons (Fsp3) is 0.318. The number of rotatable bonds is 6. The third-order valence-electron chi connectivity index (χ3n) is 4.89. The number of anilines is 1. The lowest BCUT2D eigenvalue weighted by Crippen LogP contribution is -2.50. The lowest BCUT2D eigenvalue weighted by molar-refractivity contribution is -0.147. The summed E-state index contributed by atoms with van der Waals surface area (Å²) in [4.78, 5) is 40.5. The second-order valence-electron chi connectivity index (χ2n) is 6.90. The molecular weight excluding hydrogens is 372 g/mol. The standard InChI is InChI=1S/C22H24N2O5/c1-15-8-4-5-9-17(15)12-23(14-21(26)28-3)20(25)13-24-18-10-6-7-11-19(18)29-16(2)22(24)27/h4-11,16H,12-14H2,1-3H3. The van der Waals surface area contributed by atoms with Gasteiger partial charge in [-0.25, -0.2) is 0 Å². The van der Waals surface area contributed by atoms with Gasteiger partial charge in [0.05, 0.1) is 12.8 Å². The Morgan fingerprint density at radius 2 is 1.83 bits per heavy atom. The average molecular weight is 396 g/mol. The number of methoxy groups -OCH3 is 1. The molecule has 152 valence electrons. The molecule has 2 aromatic carbocycles. The molecule has 2 amide bonds. The zero-order chi connectivity index (χ0) is 21.0. The molecule has 1 heterocycles. The zero-order valence-corrected chi connectivity index (χ0v) is 16.8. The highest BCUT2D eigenvalue weighted by molar-refractivity contribution is 6.03. The third kappa shape index (κ3) is 4.56. The van der Waals surface area contributed by atoms with Crippen molar-refractivity contribution in [1.82, 2.24) is 4.90 Å². The normalized spacial score (nSPS) is 15.3. The number of para-hydroxylation sites is 2. The van der Waals surface area contributed by atoms with Crippen molar-refractivity contribution in [3.63, 3.8) is 0 Å². The molecule has 7 heteroatoms. The van der Waals surface area contributed by atoms with Crippen molar-refractivity contribution >= 4 is 23.5 Å². The van der Waals surface area contributed by atoms with E-state index in [-0.39, 0.29) is 31.4 Å². The van der Waals surface area contributed by atoms with Gasteiger partial charge in [0.25, 0.3) is 5.91 Å². The largest absolute Gasteiger partial charge is 0.479 e. The van der Waals surface area contributed by atoms with Crippen LogP contribution in [-0.2, 0) is 25.7 Å². The van der Waals surface area contributed by atoms with Gasteiger partial charge in [-0.3, -0.25) is 19.3 Å². The Kier molecular flexibility index (Phi) is 6.16. The van der Waals surface area contributed by atoms with Crippen molar-refractivity contribution in [1.29, 1.82) is 0 Å². The Morgan fingerprint density at radius 3 is 2.55 bits per heavy atom. The quantitative estimate of drug-likeness (QED) is 0.701. The molecule has 0 spiro atoms. The highest BCUT2D eigenvalue weighted by atomic mass is 16.5. The minimum atomic E-state index is -0.692. The molecule has 1 unspecified atom stereocenters. The molecule has 7 nitrogen and oxygen atoms in total. The van der Waals surface area contributed by atoms with Gasteiger partial charge in [0, 0.05) is 6.54 Å². The minimum absolute atomic E-state index is 0.188. The van der Waals surface area contributed by atoms with E-state index < -0.39 is 12.1 Å². The summed E-state index contributed by atoms with van der Waals surface area (Å²) in [6.07, 6.45) is -0.692. The molecule has 0 saturated carbocycles. The Labute approximate surface area is 169 Å². The number of nitrogens with zero attached hydrogens (tertiary/aromatic N) is 2. The Balaban J connectivity index is 1.85. The van der Waals surface area contributed by atoms with Crippen molar-refractivity contribution in [2.45, 2.75) is 26.5 Å². The number of hydrogen-bond acceptors (Lipinski definition) is 5. The first-order valence-corrected chi connectivity index (χ1v) is 9.37. The molecule has 0 aliphatic carbocycles. The molecule has 0 saturated heterocycles. The van der Waals surface area contributed by atoms with Crippen LogP contribution in [0.15, 0.2) is 48.5 Å². The van der Waals surface area contributed by atoms with Crippen molar-refractivity contribution < 1.29 is 23.9 Å². The number of hydrogen-bond donors (Lipinski definition) is 0. The molecule has 1 atom stereocenters. The number of fused-ring (bicyclic) bond motifs is 1. The number of aryl methyl sites for hydroxylation is 1. The van der Waals surface area contributed by atoms with Crippen LogP contribution < -0.4 is 9.64 Å². The van der Waals surface area contributed by atoms with Crippen LogP contribution in [0.3, 0.4) is 0 Å². The van der Waals surface area contributed by atoms with Crippen molar-refractivity contribution in [3.05, 3.63) is 59.7 Å². The average Bonchev–Trinajstić information content (AvgIpc) is 2.72. The van der Waals surface area contributed by atoms with Gasteiger partial charge in [-0.1, -0.05) is 36.4 Å². The molecule has 0 radical (unpaired) electrons. The molecule has 1 aliphatic heterocycles. The lowest BCUT2D eigenvalue weighted by atomic mass is 10.1. The number of carbonyl (C=O) groups excluding carboxylic acids is 3. The summed E-state index contributed by atoms with van der Waals surface area (Å²) >= 11 is 0. The minimum Gasteiger partial charge on any atom is -0.479 e. The molecule has 3 rings (SSSR count). The van der Waals surface area contributed by atoms with Crippen LogP contribution in [0.2, 0.25) is 0 Å². The predicted octanol–water partition coefficient (Wildman–Crippen LogP) is 2.31. The van der Waals surface area contributed by atoms with Gasteiger partial charge < -0.3 is 14.4 Å². The molecular formula is C22H24N2O5. The van der Waals surface area contributed by atoms with E-state index in [1.807, 2.05) is 37.3 Å². The molecule has 29 heavy (non-hydrogen) atoms. The Bertz CT molecular complexity index is 927. The summed E-state index contributed by atoms with van der Waals surface area (Å²) in [6.45, 7) is 3.46. The van der Waals surface area contributed by atoms with Crippen molar-refractivity contribution in [2.24, 2.45) is 0 Å². The molecule has 0 N–H and O–H groups in total. The lowest BCUT2D eigenvalue weighted by Gasteiger charge is -2.34. The number of carbonyl (C=O) groups is 3. The molecule has 2 aromatic rings. The summed E-state index contributed by atoms with van der Waals surface area (Å²) in [5.41, 5.74) is 2.47. The van der Waals surface area contributed by atoms with Crippen molar-refractivity contribution in [2.75, 3.05) is 25.1 Å². The second-order valence-corrected chi connectivity index (χ2v) is 6.90. The number of benzene rings is 2. The van der Waals surface area contributed by atoms with Crippen LogP contribution in [0.1, 0.15) is 18.1 Å². The van der Waals surface area contributed by atoms with Gasteiger partial charge in [-0.05, 0) is 37.1 Å². The van der Waals surface area contributed by atoms with E-state index in [0.29, 0.717) is 11.4 Å². The number of esters is 1. The third-order valence-corrected chi connectivity index (χ3v) is 4.89. The molecule has 0 aromatic heterocycles. The first kappa shape index (κ1) is 20.4. The first-order chi connectivity index (χ1) is 13.9. The topological polar surface area (TPSA) is 76.2 Å². The van der Waals surface area contributed by atoms with E-state index >= 15 is 0 Å². The Hall–Kier alpha value is -3.35. The van der Waals surface area contributed by atoms with Gasteiger partial charge in [-0.15, -0.1) is 0 Å². The summed E-state index contributed by atoms with van der Waals surface area (Å²) in [7, 11) is 1.28. The van der Waals surface area contributed by atoms with Gasteiger partial charge in [0.15, 0.2) is 6.10 Å². The maximum atomic E-state index is 13.1. The first-order valence-electron chi connectivity index (χ1n) is 9.37. The van der Waals surface area contributed by atoms with Gasteiger partial charge in [0.1, 0.15) is 18.8 Å². The van der Waals surface area contributed by atoms with E-state index in [4.69, 9.17) is 9.47 Å². The van der Waals surface area contributed by atoms with E-state index in [1.165, 1.54) is 16.9 Å². The van der Waals surface area contributed by atoms with E-state index in [1.54, 1.807) is 25.1 Å². The van der Waals surface area contributed by atoms with Gasteiger partial charge >= 0.3 is 5.97 Å². The fourth-order valence-corrected chi connectivity index (χ4v) is 3.20. The highest BCUT2D eigenvalue weighted by Crippen LogP contribution is 2.33. The Morgan fingerprint density at radius 1 is 1.14 bits per heavy atom. The summed E-state index contributed by atoms with van der Waals surface area (Å²) in [5, 5.41) is 0. The smallest absolute Gasteiger partial charge is 0.325 e. The van der Waals surface area contributed by atoms with Crippen LogP contribution in [0, 0.1) is 6.92 Å². The van der Waals surface area contributed by atoms with E-state index in [9.17, 15) is 14.4 Å². The predicted molar refractivity (Wildman–Crippen MR) is 107 cm³/mol. The zero-order valence-electron chi connectivity index (χ0n) is 16.8. The maximum Gasteiger partial charge on any atom is 0.325 e. The SMILES string of the molecule is COC(=O)CN(Cc1ccccc1C)C(=O)CN1C(=O)C(C)Oc2ccccc21. The summed E-state index contributed by atoms with van der Waals surface area (Å²) in [6, 6.07) is 14.7. The molecule has 0 bridgehead atoms. The second kappa shape index (κ2) is 8.77. The summed E-state index contributed by atoms with van der Waals surface area (Å²) < 4.78 is 10.4. The van der Waals surface area contributed by atoms with Gasteiger partial charge in [0.2, 0.25) is 5.91 Å². The van der Waals surface area contributed by atoms with E-state index in [2.05, 4.69) is 0 Å². The molecule has 1 aliphatic rings. The van der Waals surface area contributed by atoms with E-state index in [0.717, 1.165) is 11.1 Å². The number of ether oxygens (including phenoxy) is 2.